The lowest BCUT2D eigenvalue weighted by molar-refractivity contribution is -0.170. The average Bonchev–Trinajstić information content (AvgIpc) is 2.09. The van der Waals surface area contributed by atoms with E-state index in [1.165, 1.54) is 0 Å². The van der Waals surface area contributed by atoms with Crippen LogP contribution in [0.5, 0.6) is 0 Å². The Morgan fingerprint density at radius 1 is 1.25 bits per heavy atom. The van der Waals surface area contributed by atoms with Crippen LogP contribution in [0.25, 0.3) is 0 Å². The van der Waals surface area contributed by atoms with E-state index in [2.05, 4.69) is 4.74 Å². The summed E-state index contributed by atoms with van der Waals surface area (Å²) in [5.74, 6) is -4.63. The summed E-state index contributed by atoms with van der Waals surface area (Å²) in [6.45, 7) is 4.84. The third-order valence-corrected chi connectivity index (χ3v) is 1.59. The number of hydrogen-bond acceptors (Lipinski definition) is 5. The van der Waals surface area contributed by atoms with Gasteiger partial charge in [0.05, 0.1) is 13.5 Å². The van der Waals surface area contributed by atoms with Gasteiger partial charge in [-0.15, -0.1) is 0 Å². The lowest BCUT2D eigenvalue weighted by Crippen LogP contribution is -2.34. The van der Waals surface area contributed by atoms with Crippen molar-refractivity contribution in [2.45, 2.75) is 32.8 Å². The summed E-state index contributed by atoms with van der Waals surface area (Å²) >= 11 is 0. The van der Waals surface area contributed by atoms with Crippen LogP contribution < -0.4 is 0 Å². The molecular weight excluding hydrogens is 216 g/mol. The van der Waals surface area contributed by atoms with Gasteiger partial charge < -0.3 is 14.6 Å². The van der Waals surface area contributed by atoms with Gasteiger partial charge in [-0.2, -0.15) is 0 Å². The molecule has 1 N–H and O–H groups in total. The minimum Gasteiger partial charge on any atom is -0.481 e. The van der Waals surface area contributed by atoms with Crippen molar-refractivity contribution in [1.82, 2.24) is 0 Å². The molecule has 0 aliphatic carbocycles. The molecule has 0 saturated carbocycles. The Morgan fingerprint density at radius 3 is 2.06 bits per heavy atom. The van der Waals surface area contributed by atoms with E-state index in [9.17, 15) is 14.4 Å². The first kappa shape index (κ1) is 14.4. The van der Waals surface area contributed by atoms with E-state index in [4.69, 9.17) is 9.84 Å². The zero-order valence-electron chi connectivity index (χ0n) is 9.77. The molecule has 1 atom stereocenters. The summed E-state index contributed by atoms with van der Waals surface area (Å²) in [4.78, 5) is 33.1. The number of carboxylic acid groups (broad SMARTS) is 1. The molecule has 0 rings (SSSR count). The summed E-state index contributed by atoms with van der Waals surface area (Å²) in [5.41, 5.74) is -0.791. The fraction of sp³-hybridized carbons (Fsp3) is 0.700. The Bertz CT molecular complexity index is 288. The standard InChI is InChI=1S/C10H16O6/c1-10(2,3)16-9(14)6(8(12)13)5-7(11)15-4/h6H,5H2,1-4H3,(H,12,13)/t6-/m1/s1. The lowest BCUT2D eigenvalue weighted by Gasteiger charge is -2.21. The number of rotatable bonds is 4. The quantitative estimate of drug-likeness (QED) is 0.563. The first-order chi connectivity index (χ1) is 7.17. The molecule has 0 aromatic carbocycles. The van der Waals surface area contributed by atoms with Gasteiger partial charge in [-0.1, -0.05) is 0 Å². The lowest BCUT2D eigenvalue weighted by atomic mass is 10.1. The Balaban J connectivity index is 4.61. The molecule has 0 saturated heterocycles. The van der Waals surface area contributed by atoms with Gasteiger partial charge in [-0.3, -0.25) is 14.4 Å². The van der Waals surface area contributed by atoms with Gasteiger partial charge in [-0.25, -0.2) is 0 Å². The van der Waals surface area contributed by atoms with E-state index in [1.807, 2.05) is 0 Å². The molecular formula is C10H16O6. The average molecular weight is 232 g/mol. The number of methoxy groups -OCH3 is 1. The third-order valence-electron chi connectivity index (χ3n) is 1.59. The minimum atomic E-state index is -1.52. The van der Waals surface area contributed by atoms with Crippen molar-refractivity contribution >= 4 is 17.9 Å². The van der Waals surface area contributed by atoms with Gasteiger partial charge in [-0.05, 0) is 20.8 Å². The van der Waals surface area contributed by atoms with E-state index in [0.717, 1.165) is 7.11 Å². The van der Waals surface area contributed by atoms with Crippen LogP contribution in [0.15, 0.2) is 0 Å². The van der Waals surface area contributed by atoms with Crippen LogP contribution in [-0.2, 0) is 23.9 Å². The van der Waals surface area contributed by atoms with Crippen LogP contribution in [0.2, 0.25) is 0 Å². The van der Waals surface area contributed by atoms with E-state index >= 15 is 0 Å². The molecule has 0 spiro atoms. The second kappa shape index (κ2) is 5.48. The summed E-state index contributed by atoms with van der Waals surface area (Å²) < 4.78 is 9.18. The predicted molar refractivity (Wildman–Crippen MR) is 53.6 cm³/mol. The van der Waals surface area contributed by atoms with Crippen molar-refractivity contribution in [2.24, 2.45) is 5.92 Å². The smallest absolute Gasteiger partial charge is 0.321 e. The molecule has 0 aliphatic heterocycles. The molecule has 0 amide bonds. The molecule has 0 fully saturated rings. The van der Waals surface area contributed by atoms with E-state index in [0.29, 0.717) is 0 Å². The number of hydrogen-bond donors (Lipinski definition) is 1. The van der Waals surface area contributed by atoms with Crippen molar-refractivity contribution in [3.63, 3.8) is 0 Å². The molecule has 0 bridgehead atoms. The second-order valence-electron chi connectivity index (χ2n) is 4.20. The van der Waals surface area contributed by atoms with E-state index in [-0.39, 0.29) is 0 Å². The molecule has 0 radical (unpaired) electrons. The summed E-state index contributed by atoms with van der Waals surface area (Å²) in [5, 5.41) is 8.78. The van der Waals surface area contributed by atoms with E-state index in [1.54, 1.807) is 20.8 Å². The van der Waals surface area contributed by atoms with Gasteiger partial charge in [0.1, 0.15) is 5.60 Å². The highest BCUT2D eigenvalue weighted by atomic mass is 16.6. The minimum absolute atomic E-state index is 0.527. The summed E-state index contributed by atoms with van der Waals surface area (Å²) in [7, 11) is 1.12. The Kier molecular flexibility index (Phi) is 4.94. The van der Waals surface area contributed by atoms with Crippen molar-refractivity contribution in [3.8, 4) is 0 Å². The largest absolute Gasteiger partial charge is 0.481 e. The zero-order valence-corrected chi connectivity index (χ0v) is 9.77. The monoisotopic (exact) mass is 232 g/mol. The molecule has 0 aromatic rings. The van der Waals surface area contributed by atoms with Gasteiger partial charge in [0, 0.05) is 0 Å². The van der Waals surface area contributed by atoms with E-state index < -0.39 is 35.8 Å². The van der Waals surface area contributed by atoms with Crippen molar-refractivity contribution < 1.29 is 29.0 Å². The Hall–Kier alpha value is -1.59. The van der Waals surface area contributed by atoms with Crippen LogP contribution in [0, 0.1) is 5.92 Å². The van der Waals surface area contributed by atoms with Gasteiger partial charge in [0.15, 0.2) is 5.92 Å². The van der Waals surface area contributed by atoms with Gasteiger partial charge in [0.2, 0.25) is 0 Å². The molecule has 6 nitrogen and oxygen atoms in total. The maximum atomic E-state index is 11.4. The normalized spacial score (nSPS) is 12.8. The highest BCUT2D eigenvalue weighted by molar-refractivity contribution is 5.97. The summed E-state index contributed by atoms with van der Waals surface area (Å²) in [6.07, 6.45) is -0.527. The topological polar surface area (TPSA) is 89.9 Å². The number of ether oxygens (including phenoxy) is 2. The van der Waals surface area contributed by atoms with Crippen LogP contribution in [0.4, 0.5) is 0 Å². The fourth-order valence-electron chi connectivity index (χ4n) is 0.894. The van der Waals surface area contributed by atoms with Crippen LogP contribution >= 0.6 is 0 Å². The Labute approximate surface area is 93.5 Å². The molecule has 6 heteroatoms. The molecule has 16 heavy (non-hydrogen) atoms. The third kappa shape index (κ3) is 5.33. The second-order valence-corrected chi connectivity index (χ2v) is 4.20. The first-order valence-electron chi connectivity index (χ1n) is 4.70. The Morgan fingerprint density at radius 2 is 1.75 bits per heavy atom. The molecule has 0 unspecified atom stereocenters. The molecule has 0 aliphatic rings. The molecule has 0 aromatic heterocycles. The molecule has 0 heterocycles. The number of carboxylic acids is 1. The maximum absolute atomic E-state index is 11.4. The summed E-state index contributed by atoms with van der Waals surface area (Å²) in [6, 6.07) is 0. The zero-order chi connectivity index (χ0) is 12.9. The SMILES string of the molecule is COC(=O)C[C@H](C(=O)O)C(=O)OC(C)(C)C. The number of esters is 2. The molecule has 92 valence electrons. The first-order valence-corrected chi connectivity index (χ1v) is 4.70. The van der Waals surface area contributed by atoms with Crippen LogP contribution in [-0.4, -0.2) is 35.7 Å². The van der Waals surface area contributed by atoms with Crippen molar-refractivity contribution in [3.05, 3.63) is 0 Å². The van der Waals surface area contributed by atoms with Crippen LogP contribution in [0.1, 0.15) is 27.2 Å². The number of carbonyl (C=O) groups excluding carboxylic acids is 2. The highest BCUT2D eigenvalue weighted by Crippen LogP contribution is 2.14. The predicted octanol–water partition coefficient (Wildman–Crippen LogP) is 0.592. The fourth-order valence-corrected chi connectivity index (χ4v) is 0.894. The number of aliphatic carboxylic acids is 1. The van der Waals surface area contributed by atoms with Gasteiger partial charge in [0.25, 0.3) is 0 Å². The van der Waals surface area contributed by atoms with Crippen molar-refractivity contribution in [1.29, 1.82) is 0 Å². The van der Waals surface area contributed by atoms with Gasteiger partial charge >= 0.3 is 17.9 Å². The van der Waals surface area contributed by atoms with Crippen molar-refractivity contribution in [2.75, 3.05) is 7.11 Å². The highest BCUT2D eigenvalue weighted by Gasteiger charge is 2.33. The maximum Gasteiger partial charge on any atom is 0.321 e. The van der Waals surface area contributed by atoms with Crippen LogP contribution in [0.3, 0.4) is 0 Å². The number of carbonyl (C=O) groups is 3.